The Morgan fingerprint density at radius 3 is 1.70 bits per heavy atom. The topological polar surface area (TPSA) is 78.9 Å². The number of benzene rings is 2. The van der Waals surface area contributed by atoms with Gasteiger partial charge in [-0.3, -0.25) is 4.79 Å². The SMILES string of the molecule is Cc1nn(-c2c(F)c(F)c(C#N)c(F)c2F)c(O)c1C(=O)c1cc(C(F)(F)F)c(F)c(C(F)(F)F)c1.[Mn]. The van der Waals surface area contributed by atoms with Gasteiger partial charge in [-0.05, 0) is 19.1 Å². The molecule has 0 spiro atoms. The van der Waals surface area contributed by atoms with Crippen molar-refractivity contribution < 1.29 is 75.3 Å². The van der Waals surface area contributed by atoms with Crippen molar-refractivity contribution in [3.8, 4) is 17.6 Å². The van der Waals surface area contributed by atoms with Gasteiger partial charge in [0.1, 0.15) is 28.7 Å². The Labute approximate surface area is 208 Å². The fourth-order valence-electron chi connectivity index (χ4n) is 3.15. The van der Waals surface area contributed by atoms with E-state index in [-0.39, 0.29) is 33.9 Å². The molecule has 17 heteroatoms. The third-order valence-corrected chi connectivity index (χ3v) is 4.77. The maximum absolute atomic E-state index is 14.4. The molecule has 0 bridgehead atoms. The normalized spacial score (nSPS) is 11.8. The van der Waals surface area contributed by atoms with E-state index in [0.717, 1.165) is 13.0 Å². The summed E-state index contributed by atoms with van der Waals surface area (Å²) in [6, 6.07) is 0.243. The summed E-state index contributed by atoms with van der Waals surface area (Å²) in [5, 5.41) is 22.2. The first kappa shape index (κ1) is 29.6. The number of aromatic nitrogens is 2. The molecule has 0 saturated heterocycles. The summed E-state index contributed by atoms with van der Waals surface area (Å²) in [6.07, 6.45) is -11.4. The summed E-state index contributed by atoms with van der Waals surface area (Å²) < 4.78 is 149. The van der Waals surface area contributed by atoms with Crippen LogP contribution in [0, 0.1) is 47.3 Å². The van der Waals surface area contributed by atoms with Crippen molar-refractivity contribution in [3.05, 3.63) is 74.7 Å². The standard InChI is InChI=1S/C20H6F11N3O2.Mn/c1-5-10(17(35)6-2-8(19(26,27)28)13(23)9(3-6)20(29,30)31)18(36)34(33-5)16-14(24)11(21)7(4-32)12(22)15(16)25;/h2-3,36H,1H3;. The van der Waals surface area contributed by atoms with E-state index < -0.39 is 92.3 Å². The molecule has 0 aliphatic carbocycles. The molecule has 0 atom stereocenters. The first-order valence-electron chi connectivity index (χ1n) is 9.01. The largest absolute Gasteiger partial charge is 0.493 e. The number of hydrogen-bond donors (Lipinski definition) is 1. The molecule has 0 amide bonds. The molecule has 2 aromatic carbocycles. The van der Waals surface area contributed by atoms with E-state index in [1.54, 1.807) is 0 Å². The van der Waals surface area contributed by atoms with Crippen LogP contribution in [0.1, 0.15) is 38.3 Å². The molecule has 5 nitrogen and oxygen atoms in total. The Kier molecular flexibility index (Phi) is 7.73. The molecule has 1 heterocycles. The van der Waals surface area contributed by atoms with Gasteiger partial charge in [0.05, 0.1) is 16.8 Å². The van der Waals surface area contributed by atoms with Crippen LogP contribution in [0.2, 0.25) is 0 Å². The van der Waals surface area contributed by atoms with Gasteiger partial charge >= 0.3 is 12.4 Å². The minimum Gasteiger partial charge on any atom is -0.493 e. The van der Waals surface area contributed by atoms with Gasteiger partial charge < -0.3 is 5.11 Å². The van der Waals surface area contributed by atoms with Crippen molar-refractivity contribution in [1.82, 2.24) is 9.78 Å². The number of rotatable bonds is 3. The Balaban J connectivity index is 0.00000481. The van der Waals surface area contributed by atoms with E-state index in [1.165, 1.54) is 0 Å². The number of carbonyl (C=O) groups excluding carboxylic acids is 1. The van der Waals surface area contributed by atoms with Crippen LogP contribution in [0.5, 0.6) is 5.88 Å². The molecule has 197 valence electrons. The number of alkyl halides is 6. The van der Waals surface area contributed by atoms with Gasteiger partial charge in [0.2, 0.25) is 5.88 Å². The summed E-state index contributed by atoms with van der Waals surface area (Å²) in [7, 11) is 0. The van der Waals surface area contributed by atoms with Crippen LogP contribution in [-0.4, -0.2) is 20.7 Å². The summed E-state index contributed by atoms with van der Waals surface area (Å²) in [4.78, 5) is 12.8. The molecule has 1 N–H and O–H groups in total. The maximum atomic E-state index is 14.4. The number of hydrogen-bond acceptors (Lipinski definition) is 4. The zero-order chi connectivity index (χ0) is 27.5. The van der Waals surface area contributed by atoms with Crippen molar-refractivity contribution in [1.29, 1.82) is 5.26 Å². The first-order chi connectivity index (χ1) is 16.4. The molecular formula is C20H6F11MnN3O2. The Morgan fingerprint density at radius 2 is 1.32 bits per heavy atom. The molecule has 3 rings (SSSR count). The number of nitrogens with zero attached hydrogens (tertiary/aromatic N) is 3. The van der Waals surface area contributed by atoms with Crippen molar-refractivity contribution >= 4 is 5.78 Å². The Bertz CT molecular complexity index is 1410. The Morgan fingerprint density at radius 1 is 0.892 bits per heavy atom. The number of aryl methyl sites for hydroxylation is 1. The van der Waals surface area contributed by atoms with Crippen LogP contribution in [-0.2, 0) is 29.4 Å². The van der Waals surface area contributed by atoms with Gasteiger partial charge in [-0.2, -0.15) is 41.4 Å². The van der Waals surface area contributed by atoms with Gasteiger partial charge in [0.15, 0.2) is 29.1 Å². The van der Waals surface area contributed by atoms with Gasteiger partial charge in [-0.15, -0.1) is 0 Å². The maximum Gasteiger partial charge on any atom is 0.419 e. The molecule has 0 unspecified atom stereocenters. The molecule has 0 saturated carbocycles. The third-order valence-electron chi connectivity index (χ3n) is 4.77. The van der Waals surface area contributed by atoms with Gasteiger partial charge in [0.25, 0.3) is 0 Å². The summed E-state index contributed by atoms with van der Waals surface area (Å²) in [6.45, 7) is 0.800. The average Bonchev–Trinajstić information content (AvgIpc) is 3.04. The second kappa shape index (κ2) is 9.67. The molecule has 3 aromatic rings. The number of aromatic hydroxyl groups is 1. The van der Waals surface area contributed by atoms with Crippen molar-refractivity contribution in [3.63, 3.8) is 0 Å². The summed E-state index contributed by atoms with van der Waals surface area (Å²) in [5.41, 5.74) is -11.9. The quantitative estimate of drug-likeness (QED) is 0.185. The smallest absolute Gasteiger partial charge is 0.419 e. The predicted octanol–water partition coefficient (Wildman–Crippen LogP) is 5.72. The van der Waals surface area contributed by atoms with Crippen LogP contribution in [0.3, 0.4) is 0 Å². The van der Waals surface area contributed by atoms with E-state index in [4.69, 9.17) is 5.26 Å². The van der Waals surface area contributed by atoms with Crippen LogP contribution in [0.4, 0.5) is 48.3 Å². The minimum atomic E-state index is -5.70. The van der Waals surface area contributed by atoms with Gasteiger partial charge in [0, 0.05) is 22.6 Å². The molecular weight excluding hydrogens is 578 g/mol. The fraction of sp³-hybridized carbons (Fsp3) is 0.150. The predicted molar refractivity (Wildman–Crippen MR) is 94.3 cm³/mol. The van der Waals surface area contributed by atoms with E-state index >= 15 is 0 Å². The monoisotopic (exact) mass is 584 g/mol. The number of halogens is 11. The molecule has 0 aliphatic heterocycles. The molecule has 0 fully saturated rings. The minimum absolute atomic E-state index is 0. The van der Waals surface area contributed by atoms with Crippen molar-refractivity contribution in [2.24, 2.45) is 0 Å². The molecule has 1 aromatic heterocycles. The zero-order valence-electron chi connectivity index (χ0n) is 17.4. The van der Waals surface area contributed by atoms with Crippen molar-refractivity contribution in [2.45, 2.75) is 19.3 Å². The number of carbonyl (C=O) groups is 1. The third kappa shape index (κ3) is 4.86. The summed E-state index contributed by atoms with van der Waals surface area (Å²) in [5.74, 6) is -15.2. The van der Waals surface area contributed by atoms with E-state index in [9.17, 15) is 58.2 Å². The van der Waals surface area contributed by atoms with Crippen LogP contribution in [0.25, 0.3) is 5.69 Å². The molecule has 0 aliphatic rings. The second-order valence-electron chi connectivity index (χ2n) is 7.00. The second-order valence-corrected chi connectivity index (χ2v) is 7.00. The average molecular weight is 584 g/mol. The van der Waals surface area contributed by atoms with E-state index in [2.05, 4.69) is 5.10 Å². The van der Waals surface area contributed by atoms with E-state index in [1.807, 2.05) is 0 Å². The fourth-order valence-corrected chi connectivity index (χ4v) is 3.15. The van der Waals surface area contributed by atoms with E-state index in [0.29, 0.717) is 0 Å². The first-order valence-corrected chi connectivity index (χ1v) is 9.01. The van der Waals surface area contributed by atoms with Crippen LogP contribution >= 0.6 is 0 Å². The van der Waals surface area contributed by atoms with Gasteiger partial charge in [-0.25, -0.2) is 22.0 Å². The zero-order valence-corrected chi connectivity index (χ0v) is 18.6. The number of nitriles is 1. The molecule has 1 radical (unpaired) electrons. The summed E-state index contributed by atoms with van der Waals surface area (Å²) >= 11 is 0. The molecule has 37 heavy (non-hydrogen) atoms. The van der Waals surface area contributed by atoms with Crippen LogP contribution in [0.15, 0.2) is 12.1 Å². The van der Waals surface area contributed by atoms with Crippen molar-refractivity contribution in [2.75, 3.05) is 0 Å². The number of ketones is 1. The Hall–Kier alpha value is -3.64. The van der Waals surface area contributed by atoms with Gasteiger partial charge in [-0.1, -0.05) is 0 Å². The van der Waals surface area contributed by atoms with Crippen LogP contribution < -0.4 is 0 Å².